The van der Waals surface area contributed by atoms with E-state index in [-0.39, 0.29) is 17.0 Å². The largest absolute Gasteiger partial charge is 0.504 e. The fraction of sp³-hybridized carbons (Fsp3) is 0.143. The Hall–Kier alpha value is -3.76. The Morgan fingerprint density at radius 2 is 2.04 bits per heavy atom. The van der Waals surface area contributed by atoms with Crippen molar-refractivity contribution in [3.8, 4) is 23.8 Å². The number of ether oxygens (including phenoxy) is 1. The van der Waals surface area contributed by atoms with Crippen molar-refractivity contribution in [2.45, 2.75) is 12.8 Å². The van der Waals surface area contributed by atoms with E-state index >= 15 is 0 Å². The molecule has 0 unspecified atom stereocenters. The molecule has 2 aromatic rings. The van der Waals surface area contributed by atoms with Gasteiger partial charge < -0.3 is 20.0 Å². The number of rotatable bonds is 8. The van der Waals surface area contributed by atoms with Gasteiger partial charge in [0.2, 0.25) is 5.91 Å². The molecule has 4 N–H and O–H groups in total. The molecule has 0 radical (unpaired) electrons. The molecule has 144 valence electrons. The van der Waals surface area contributed by atoms with Crippen LogP contribution in [0.4, 0.5) is 5.69 Å². The standard InChI is InChI=1S/C21H20N2O5/c1-2-3-6-13-27-19-14-15(9-11-18(19)24)10-12-20(25)23-17-8-5-4-7-16(17)21(26)28-22/h1,4-5,7-12,14,24H,3,6,13,22H2,(H,23,25)/b12-10+. The second-order valence-electron chi connectivity index (χ2n) is 5.66. The molecular formula is C21H20N2O5. The van der Waals surface area contributed by atoms with Crippen LogP contribution in [0.2, 0.25) is 0 Å². The van der Waals surface area contributed by atoms with E-state index in [1.165, 1.54) is 18.2 Å². The third-order valence-corrected chi connectivity index (χ3v) is 3.65. The number of terminal acetylenes is 1. The molecule has 0 aliphatic rings. The van der Waals surface area contributed by atoms with Crippen LogP contribution < -0.4 is 16.0 Å². The number of carbonyl (C=O) groups excluding carboxylic acids is 2. The summed E-state index contributed by atoms with van der Waals surface area (Å²) in [6.07, 6.45) is 9.28. The lowest BCUT2D eigenvalue weighted by Crippen LogP contribution is -2.15. The van der Waals surface area contributed by atoms with Crippen molar-refractivity contribution in [2.75, 3.05) is 11.9 Å². The predicted molar refractivity (Wildman–Crippen MR) is 105 cm³/mol. The van der Waals surface area contributed by atoms with Crippen LogP contribution in [0.15, 0.2) is 48.5 Å². The summed E-state index contributed by atoms with van der Waals surface area (Å²) in [4.78, 5) is 28.0. The first-order valence-corrected chi connectivity index (χ1v) is 8.43. The molecular weight excluding hydrogens is 360 g/mol. The number of anilines is 1. The molecule has 0 atom stereocenters. The van der Waals surface area contributed by atoms with Crippen molar-refractivity contribution in [1.29, 1.82) is 0 Å². The van der Waals surface area contributed by atoms with Crippen LogP contribution in [0.1, 0.15) is 28.8 Å². The molecule has 1 amide bonds. The van der Waals surface area contributed by atoms with Gasteiger partial charge >= 0.3 is 5.97 Å². The lowest BCUT2D eigenvalue weighted by Gasteiger charge is -2.08. The van der Waals surface area contributed by atoms with Crippen molar-refractivity contribution in [3.05, 3.63) is 59.7 Å². The summed E-state index contributed by atoms with van der Waals surface area (Å²) in [5.41, 5.74) is 1.06. The summed E-state index contributed by atoms with van der Waals surface area (Å²) in [7, 11) is 0. The number of hydrogen-bond donors (Lipinski definition) is 3. The predicted octanol–water partition coefficient (Wildman–Crippen LogP) is 2.87. The molecule has 2 rings (SSSR count). The van der Waals surface area contributed by atoms with Crippen LogP contribution in [0.3, 0.4) is 0 Å². The first-order valence-electron chi connectivity index (χ1n) is 8.43. The van der Waals surface area contributed by atoms with Crippen LogP contribution in [-0.2, 0) is 9.63 Å². The van der Waals surface area contributed by atoms with Crippen molar-refractivity contribution < 1.29 is 24.3 Å². The van der Waals surface area contributed by atoms with Gasteiger partial charge in [0.05, 0.1) is 17.9 Å². The lowest BCUT2D eigenvalue weighted by atomic mass is 10.1. The van der Waals surface area contributed by atoms with Gasteiger partial charge in [-0.3, -0.25) is 4.79 Å². The normalized spacial score (nSPS) is 10.3. The minimum absolute atomic E-state index is 0.00321. The molecule has 0 fully saturated rings. The molecule has 2 aromatic carbocycles. The average Bonchev–Trinajstić information content (AvgIpc) is 2.71. The first kappa shape index (κ1) is 20.6. The number of aromatic hydroxyl groups is 1. The fourth-order valence-electron chi connectivity index (χ4n) is 2.29. The van der Waals surface area contributed by atoms with Crippen LogP contribution in [0, 0.1) is 12.3 Å². The fourth-order valence-corrected chi connectivity index (χ4v) is 2.29. The zero-order chi connectivity index (χ0) is 20.4. The van der Waals surface area contributed by atoms with E-state index in [1.807, 2.05) is 0 Å². The maximum atomic E-state index is 12.2. The molecule has 0 aromatic heterocycles. The number of nitrogens with one attached hydrogen (secondary N) is 1. The van der Waals surface area contributed by atoms with Gasteiger partial charge in [0.25, 0.3) is 0 Å². The van der Waals surface area contributed by atoms with Crippen molar-refractivity contribution in [3.63, 3.8) is 0 Å². The maximum Gasteiger partial charge on any atom is 0.358 e. The highest BCUT2D eigenvalue weighted by atomic mass is 16.7. The van der Waals surface area contributed by atoms with Crippen molar-refractivity contribution in [2.24, 2.45) is 5.90 Å². The Balaban J connectivity index is 2.05. The number of carbonyl (C=O) groups is 2. The number of benzene rings is 2. The van der Waals surface area contributed by atoms with E-state index in [2.05, 4.69) is 16.1 Å². The Kier molecular flexibility index (Phi) is 7.64. The van der Waals surface area contributed by atoms with E-state index < -0.39 is 11.9 Å². The van der Waals surface area contributed by atoms with Crippen LogP contribution in [0.25, 0.3) is 6.08 Å². The average molecular weight is 380 g/mol. The molecule has 0 saturated carbocycles. The summed E-state index contributed by atoms with van der Waals surface area (Å²) in [5.74, 6) is 6.49. The van der Waals surface area contributed by atoms with Gasteiger partial charge in [-0.15, -0.1) is 12.3 Å². The molecule has 0 heterocycles. The van der Waals surface area contributed by atoms with Gasteiger partial charge in [-0.25, -0.2) is 4.79 Å². The number of unbranched alkanes of at least 4 members (excludes halogenated alkanes) is 1. The number of phenols is 1. The monoisotopic (exact) mass is 380 g/mol. The number of nitrogens with two attached hydrogens (primary N) is 1. The Morgan fingerprint density at radius 3 is 2.79 bits per heavy atom. The smallest absolute Gasteiger partial charge is 0.358 e. The first-order chi connectivity index (χ1) is 13.5. The van der Waals surface area contributed by atoms with Crippen molar-refractivity contribution in [1.82, 2.24) is 0 Å². The zero-order valence-electron chi connectivity index (χ0n) is 15.1. The van der Waals surface area contributed by atoms with E-state index in [0.717, 1.165) is 0 Å². The van der Waals surface area contributed by atoms with E-state index in [4.69, 9.17) is 17.1 Å². The van der Waals surface area contributed by atoms with Crippen LogP contribution >= 0.6 is 0 Å². The third kappa shape index (κ3) is 5.90. The van der Waals surface area contributed by atoms with Crippen LogP contribution in [-0.4, -0.2) is 23.6 Å². The van der Waals surface area contributed by atoms with Gasteiger partial charge in [0, 0.05) is 12.5 Å². The number of phenolic OH excluding ortho intramolecular Hbond substituents is 1. The summed E-state index contributed by atoms with van der Waals surface area (Å²) in [6.45, 7) is 0.374. The van der Waals surface area contributed by atoms with Gasteiger partial charge in [-0.2, -0.15) is 5.90 Å². The molecule has 28 heavy (non-hydrogen) atoms. The highest BCUT2D eigenvalue weighted by Crippen LogP contribution is 2.27. The quantitative estimate of drug-likeness (QED) is 0.281. The van der Waals surface area contributed by atoms with Crippen molar-refractivity contribution >= 4 is 23.6 Å². The molecule has 0 aliphatic heterocycles. The highest BCUT2D eigenvalue weighted by Gasteiger charge is 2.12. The molecule has 0 bridgehead atoms. The highest BCUT2D eigenvalue weighted by molar-refractivity contribution is 6.06. The Bertz CT molecular complexity index is 915. The van der Waals surface area contributed by atoms with Crippen LogP contribution in [0.5, 0.6) is 11.5 Å². The summed E-state index contributed by atoms with van der Waals surface area (Å²) in [6, 6.07) is 11.0. The molecule has 0 aliphatic carbocycles. The van der Waals surface area contributed by atoms with Gasteiger partial charge in [-0.05, 0) is 42.3 Å². The summed E-state index contributed by atoms with van der Waals surface area (Å²) >= 11 is 0. The topological polar surface area (TPSA) is 111 Å². The molecule has 0 spiro atoms. The molecule has 7 heteroatoms. The minimum atomic E-state index is -0.759. The second kappa shape index (κ2) is 10.4. The number of para-hydroxylation sites is 1. The van der Waals surface area contributed by atoms with Gasteiger partial charge in [0.1, 0.15) is 0 Å². The summed E-state index contributed by atoms with van der Waals surface area (Å²) < 4.78 is 5.49. The van der Waals surface area contributed by atoms with E-state index in [1.54, 1.807) is 36.4 Å². The van der Waals surface area contributed by atoms with E-state index in [9.17, 15) is 14.7 Å². The number of amides is 1. The van der Waals surface area contributed by atoms with E-state index in [0.29, 0.717) is 30.8 Å². The zero-order valence-corrected chi connectivity index (χ0v) is 15.1. The molecule has 7 nitrogen and oxygen atoms in total. The molecule has 0 saturated heterocycles. The lowest BCUT2D eigenvalue weighted by molar-refractivity contribution is -0.111. The Labute approximate surface area is 162 Å². The SMILES string of the molecule is C#CCCCOc1cc(/C=C/C(=O)Nc2ccccc2C(=O)ON)ccc1O. The van der Waals surface area contributed by atoms with Gasteiger partial charge in [-0.1, -0.05) is 18.2 Å². The minimum Gasteiger partial charge on any atom is -0.504 e. The third-order valence-electron chi connectivity index (χ3n) is 3.65. The summed E-state index contributed by atoms with van der Waals surface area (Å²) in [5, 5.41) is 12.4. The van der Waals surface area contributed by atoms with Gasteiger partial charge in [0.15, 0.2) is 11.5 Å². The number of hydrogen-bond acceptors (Lipinski definition) is 6. The maximum absolute atomic E-state index is 12.2. The second-order valence-corrected chi connectivity index (χ2v) is 5.66. The Morgan fingerprint density at radius 1 is 1.25 bits per heavy atom.